The highest BCUT2D eigenvalue weighted by molar-refractivity contribution is 5.82. The molecule has 0 radical (unpaired) electrons. The number of amides is 2. The van der Waals surface area contributed by atoms with Crippen LogP contribution in [0.3, 0.4) is 0 Å². The monoisotopic (exact) mass is 309 g/mol. The van der Waals surface area contributed by atoms with Crippen molar-refractivity contribution in [3.63, 3.8) is 0 Å². The average Bonchev–Trinajstić information content (AvgIpc) is 2.52. The standard InChI is InChI=1S/C15H23N3O4/c1-22-12-7-5-11(6-8-12)10-17-15(21)18-13(14(19)20)4-2-3-9-16/h5-8,13H,2-4,9-10,16H2,1H3,(H,19,20)(H2,17,18,21)/t13-/m0/s1. The molecule has 0 fully saturated rings. The molecular formula is C15H23N3O4. The largest absolute Gasteiger partial charge is 0.497 e. The summed E-state index contributed by atoms with van der Waals surface area (Å²) >= 11 is 0. The third kappa shape index (κ3) is 6.45. The Labute approximate surface area is 129 Å². The van der Waals surface area contributed by atoms with E-state index in [0.717, 1.165) is 17.7 Å². The van der Waals surface area contributed by atoms with Crippen LogP contribution in [0.1, 0.15) is 24.8 Å². The number of rotatable bonds is 9. The van der Waals surface area contributed by atoms with E-state index in [9.17, 15) is 9.59 Å². The van der Waals surface area contributed by atoms with Crippen LogP contribution in [0.5, 0.6) is 5.75 Å². The molecule has 7 nitrogen and oxygen atoms in total. The van der Waals surface area contributed by atoms with Crippen LogP contribution in [0, 0.1) is 0 Å². The van der Waals surface area contributed by atoms with Gasteiger partial charge >= 0.3 is 12.0 Å². The second-order valence-electron chi connectivity index (χ2n) is 4.85. The van der Waals surface area contributed by atoms with Gasteiger partial charge in [0.2, 0.25) is 0 Å². The van der Waals surface area contributed by atoms with Gasteiger partial charge in [-0.15, -0.1) is 0 Å². The first kappa shape index (κ1) is 17.8. The number of nitrogens with two attached hydrogens (primary N) is 1. The summed E-state index contributed by atoms with van der Waals surface area (Å²) in [7, 11) is 1.58. The van der Waals surface area contributed by atoms with Gasteiger partial charge in [-0.05, 0) is 43.5 Å². The van der Waals surface area contributed by atoms with E-state index in [1.54, 1.807) is 19.2 Å². The third-order valence-corrected chi connectivity index (χ3v) is 3.16. The molecule has 0 saturated carbocycles. The quantitative estimate of drug-likeness (QED) is 0.510. The van der Waals surface area contributed by atoms with E-state index in [1.165, 1.54) is 0 Å². The number of carbonyl (C=O) groups excluding carboxylic acids is 1. The topological polar surface area (TPSA) is 114 Å². The molecule has 0 saturated heterocycles. The van der Waals surface area contributed by atoms with Gasteiger partial charge in [0.15, 0.2) is 0 Å². The Kier molecular flexibility index (Phi) is 7.77. The molecule has 1 atom stereocenters. The molecule has 0 aliphatic rings. The van der Waals surface area contributed by atoms with Crippen LogP contribution in [0.2, 0.25) is 0 Å². The maximum atomic E-state index is 11.8. The summed E-state index contributed by atoms with van der Waals surface area (Å²) in [4.78, 5) is 22.8. The van der Waals surface area contributed by atoms with E-state index in [1.807, 2.05) is 12.1 Å². The van der Waals surface area contributed by atoms with Gasteiger partial charge in [-0.25, -0.2) is 9.59 Å². The normalized spacial score (nSPS) is 11.5. The van der Waals surface area contributed by atoms with Crippen LogP contribution >= 0.6 is 0 Å². The number of nitrogens with one attached hydrogen (secondary N) is 2. The molecule has 1 aromatic carbocycles. The lowest BCUT2D eigenvalue weighted by Gasteiger charge is -2.15. The van der Waals surface area contributed by atoms with Crippen molar-refractivity contribution < 1.29 is 19.4 Å². The summed E-state index contributed by atoms with van der Waals surface area (Å²) in [5.41, 5.74) is 6.26. The second-order valence-corrected chi connectivity index (χ2v) is 4.85. The Hall–Kier alpha value is -2.28. The van der Waals surface area contributed by atoms with Crippen molar-refractivity contribution in [2.45, 2.75) is 31.8 Å². The van der Waals surface area contributed by atoms with Crippen LogP contribution in [-0.2, 0) is 11.3 Å². The first-order chi connectivity index (χ1) is 10.6. The summed E-state index contributed by atoms with van der Waals surface area (Å²) in [6.45, 7) is 0.820. The number of benzene rings is 1. The lowest BCUT2D eigenvalue weighted by molar-refractivity contribution is -0.139. The first-order valence-electron chi connectivity index (χ1n) is 7.17. The molecule has 0 aliphatic carbocycles. The molecule has 0 aliphatic heterocycles. The number of ether oxygens (including phenoxy) is 1. The zero-order chi connectivity index (χ0) is 16.4. The number of methoxy groups -OCH3 is 1. The molecule has 0 aromatic heterocycles. The molecule has 2 amide bonds. The van der Waals surface area contributed by atoms with Gasteiger partial charge in [-0.1, -0.05) is 12.1 Å². The molecule has 7 heteroatoms. The van der Waals surface area contributed by atoms with Crippen molar-refractivity contribution in [1.82, 2.24) is 10.6 Å². The van der Waals surface area contributed by atoms with Gasteiger partial charge < -0.3 is 26.2 Å². The van der Waals surface area contributed by atoms with Crippen LogP contribution in [-0.4, -0.2) is 36.8 Å². The Balaban J connectivity index is 2.40. The second kappa shape index (κ2) is 9.62. The summed E-state index contributed by atoms with van der Waals surface area (Å²) < 4.78 is 5.05. The minimum absolute atomic E-state index is 0.310. The fourth-order valence-corrected chi connectivity index (χ4v) is 1.89. The van der Waals surface area contributed by atoms with Crippen molar-refractivity contribution >= 4 is 12.0 Å². The van der Waals surface area contributed by atoms with Gasteiger partial charge in [0.1, 0.15) is 11.8 Å². The summed E-state index contributed by atoms with van der Waals surface area (Å²) in [6.07, 6.45) is 1.76. The van der Waals surface area contributed by atoms with Crippen molar-refractivity contribution in [1.29, 1.82) is 0 Å². The predicted molar refractivity (Wildman–Crippen MR) is 82.7 cm³/mol. The van der Waals surface area contributed by atoms with E-state index in [-0.39, 0.29) is 0 Å². The van der Waals surface area contributed by atoms with E-state index in [0.29, 0.717) is 25.9 Å². The number of hydrogen-bond acceptors (Lipinski definition) is 4. The molecule has 5 N–H and O–H groups in total. The minimum Gasteiger partial charge on any atom is -0.497 e. The van der Waals surface area contributed by atoms with Gasteiger partial charge in [0, 0.05) is 6.54 Å². The highest BCUT2D eigenvalue weighted by Gasteiger charge is 2.18. The van der Waals surface area contributed by atoms with Crippen LogP contribution < -0.4 is 21.1 Å². The average molecular weight is 309 g/mol. The molecule has 0 bridgehead atoms. The van der Waals surface area contributed by atoms with E-state index in [4.69, 9.17) is 15.6 Å². The number of hydrogen-bond donors (Lipinski definition) is 4. The number of urea groups is 1. The molecule has 1 rings (SSSR count). The molecule has 122 valence electrons. The van der Waals surface area contributed by atoms with Crippen LogP contribution in [0.15, 0.2) is 24.3 Å². The van der Waals surface area contributed by atoms with Crippen molar-refractivity contribution in [3.05, 3.63) is 29.8 Å². The molecular weight excluding hydrogens is 286 g/mol. The number of unbranched alkanes of at least 4 members (excludes halogenated alkanes) is 1. The van der Waals surface area contributed by atoms with Gasteiger partial charge in [0.25, 0.3) is 0 Å². The number of carboxylic acid groups (broad SMARTS) is 1. The first-order valence-corrected chi connectivity index (χ1v) is 7.17. The maximum absolute atomic E-state index is 11.8. The van der Waals surface area contributed by atoms with Gasteiger partial charge in [-0.2, -0.15) is 0 Å². The van der Waals surface area contributed by atoms with Crippen molar-refractivity contribution in [3.8, 4) is 5.75 Å². The number of carboxylic acids is 1. The lowest BCUT2D eigenvalue weighted by Crippen LogP contribution is -2.45. The van der Waals surface area contributed by atoms with E-state index in [2.05, 4.69) is 10.6 Å². The Morgan fingerprint density at radius 3 is 2.50 bits per heavy atom. The summed E-state index contributed by atoms with van der Waals surface area (Å²) in [5.74, 6) is -0.310. The summed E-state index contributed by atoms with van der Waals surface area (Å²) in [6, 6.07) is 5.84. The molecule has 0 unspecified atom stereocenters. The fourth-order valence-electron chi connectivity index (χ4n) is 1.89. The SMILES string of the molecule is COc1ccc(CNC(=O)N[C@@H](CCCCN)C(=O)O)cc1. The third-order valence-electron chi connectivity index (χ3n) is 3.16. The van der Waals surface area contributed by atoms with Crippen LogP contribution in [0.25, 0.3) is 0 Å². The predicted octanol–water partition coefficient (Wildman–Crippen LogP) is 1.08. The van der Waals surface area contributed by atoms with Crippen molar-refractivity contribution in [2.24, 2.45) is 5.73 Å². The zero-order valence-electron chi connectivity index (χ0n) is 12.7. The number of aliphatic carboxylic acids is 1. The Morgan fingerprint density at radius 1 is 1.27 bits per heavy atom. The molecule has 1 aromatic rings. The van der Waals surface area contributed by atoms with E-state index < -0.39 is 18.0 Å². The number of carbonyl (C=O) groups is 2. The molecule has 0 spiro atoms. The zero-order valence-corrected chi connectivity index (χ0v) is 12.7. The molecule has 0 heterocycles. The Bertz CT molecular complexity index is 476. The van der Waals surface area contributed by atoms with E-state index >= 15 is 0 Å². The highest BCUT2D eigenvalue weighted by Crippen LogP contribution is 2.10. The van der Waals surface area contributed by atoms with Gasteiger partial charge in [-0.3, -0.25) is 0 Å². The van der Waals surface area contributed by atoms with Crippen LogP contribution in [0.4, 0.5) is 4.79 Å². The smallest absolute Gasteiger partial charge is 0.326 e. The summed E-state index contributed by atoms with van der Waals surface area (Å²) in [5, 5.41) is 14.2. The minimum atomic E-state index is -1.04. The Morgan fingerprint density at radius 2 is 1.95 bits per heavy atom. The highest BCUT2D eigenvalue weighted by atomic mass is 16.5. The van der Waals surface area contributed by atoms with Crippen molar-refractivity contribution in [2.75, 3.05) is 13.7 Å². The lowest BCUT2D eigenvalue weighted by atomic mass is 10.1. The molecule has 22 heavy (non-hydrogen) atoms. The fraction of sp³-hybridized carbons (Fsp3) is 0.467. The maximum Gasteiger partial charge on any atom is 0.326 e. The van der Waals surface area contributed by atoms with Gasteiger partial charge in [0.05, 0.1) is 7.11 Å².